The van der Waals surface area contributed by atoms with Crippen LogP contribution in [0, 0.1) is 6.92 Å². The van der Waals surface area contributed by atoms with Crippen molar-refractivity contribution >= 4 is 5.91 Å². The molecule has 5 nitrogen and oxygen atoms in total. The molecule has 0 aromatic carbocycles. The lowest BCUT2D eigenvalue weighted by Crippen LogP contribution is -2.27. The Morgan fingerprint density at radius 1 is 1.50 bits per heavy atom. The van der Waals surface area contributed by atoms with Gasteiger partial charge < -0.3 is 10.6 Å². The van der Waals surface area contributed by atoms with Gasteiger partial charge in [0.25, 0.3) is 0 Å². The van der Waals surface area contributed by atoms with Crippen molar-refractivity contribution in [1.29, 1.82) is 0 Å². The van der Waals surface area contributed by atoms with Crippen molar-refractivity contribution in [2.45, 2.75) is 26.3 Å². The third-order valence-corrected chi connectivity index (χ3v) is 2.26. The number of nitrogens with zero attached hydrogens (tertiary/aromatic N) is 2. The topological polar surface area (TPSA) is 59.0 Å². The van der Waals surface area contributed by atoms with E-state index < -0.39 is 0 Å². The maximum Gasteiger partial charge on any atom is 0.220 e. The summed E-state index contributed by atoms with van der Waals surface area (Å²) < 4.78 is 1.84. The van der Waals surface area contributed by atoms with Crippen LogP contribution < -0.4 is 10.6 Å². The van der Waals surface area contributed by atoms with E-state index in [0.717, 1.165) is 25.1 Å². The maximum atomic E-state index is 11.3. The second kappa shape index (κ2) is 7.00. The smallest absolute Gasteiger partial charge is 0.220 e. The molecule has 0 saturated heterocycles. The van der Waals surface area contributed by atoms with Crippen molar-refractivity contribution < 1.29 is 4.79 Å². The normalized spacial score (nSPS) is 10.4. The Hall–Kier alpha value is -1.36. The van der Waals surface area contributed by atoms with Gasteiger partial charge in [0, 0.05) is 19.2 Å². The fourth-order valence-corrected chi connectivity index (χ4v) is 1.41. The molecule has 1 amide bonds. The van der Waals surface area contributed by atoms with Gasteiger partial charge in [-0.3, -0.25) is 9.48 Å². The van der Waals surface area contributed by atoms with Crippen molar-refractivity contribution in [3.05, 3.63) is 18.0 Å². The Labute approximate surface area is 96.2 Å². The van der Waals surface area contributed by atoms with Crippen molar-refractivity contribution in [2.24, 2.45) is 0 Å². The number of aromatic nitrogens is 2. The van der Waals surface area contributed by atoms with Crippen molar-refractivity contribution in [2.75, 3.05) is 20.1 Å². The Balaban J connectivity index is 2.08. The molecule has 2 N–H and O–H groups in total. The zero-order chi connectivity index (χ0) is 11.8. The highest BCUT2D eigenvalue weighted by molar-refractivity contribution is 5.75. The molecule has 0 fully saturated rings. The lowest BCUT2D eigenvalue weighted by atomic mass is 10.3. The molecule has 0 spiro atoms. The van der Waals surface area contributed by atoms with E-state index in [4.69, 9.17) is 0 Å². The summed E-state index contributed by atoms with van der Waals surface area (Å²) in [4.78, 5) is 11.3. The summed E-state index contributed by atoms with van der Waals surface area (Å²) in [5.74, 6) is 0.110. The zero-order valence-electron chi connectivity index (χ0n) is 9.99. The van der Waals surface area contributed by atoms with Crippen LogP contribution >= 0.6 is 0 Å². The number of nitrogens with one attached hydrogen (secondary N) is 2. The van der Waals surface area contributed by atoms with Gasteiger partial charge in [0.05, 0.1) is 12.7 Å². The van der Waals surface area contributed by atoms with E-state index in [0.29, 0.717) is 13.0 Å². The van der Waals surface area contributed by atoms with Gasteiger partial charge in [-0.05, 0) is 32.5 Å². The number of hydrogen-bond acceptors (Lipinski definition) is 3. The first kappa shape index (κ1) is 12.7. The zero-order valence-corrected chi connectivity index (χ0v) is 9.99. The minimum atomic E-state index is 0.110. The summed E-state index contributed by atoms with van der Waals surface area (Å²) in [6.07, 6.45) is 5.24. The molecule has 0 radical (unpaired) electrons. The molecule has 0 aliphatic rings. The average Bonchev–Trinajstić information content (AvgIpc) is 2.65. The fourth-order valence-electron chi connectivity index (χ4n) is 1.41. The van der Waals surface area contributed by atoms with E-state index in [1.165, 1.54) is 0 Å². The first-order chi connectivity index (χ1) is 7.72. The molecule has 1 aromatic rings. The largest absolute Gasteiger partial charge is 0.354 e. The summed E-state index contributed by atoms with van der Waals surface area (Å²) in [6.45, 7) is 4.25. The summed E-state index contributed by atoms with van der Waals surface area (Å²) in [5, 5.41) is 10.0. The molecule has 0 atom stereocenters. The number of aryl methyl sites for hydroxylation is 1. The van der Waals surface area contributed by atoms with E-state index in [2.05, 4.69) is 15.7 Å². The maximum absolute atomic E-state index is 11.3. The van der Waals surface area contributed by atoms with Crippen LogP contribution in [0.5, 0.6) is 0 Å². The van der Waals surface area contributed by atoms with Gasteiger partial charge in [-0.15, -0.1) is 0 Å². The van der Waals surface area contributed by atoms with E-state index >= 15 is 0 Å². The van der Waals surface area contributed by atoms with Crippen LogP contribution in [-0.2, 0) is 11.3 Å². The SMILES string of the molecule is CNCCCC(=O)NCCn1cc(C)cn1. The molecule has 0 aliphatic carbocycles. The minimum absolute atomic E-state index is 0.110. The van der Waals surface area contributed by atoms with E-state index in [9.17, 15) is 4.79 Å². The molecule has 90 valence electrons. The highest BCUT2D eigenvalue weighted by atomic mass is 16.1. The number of rotatable bonds is 7. The average molecular weight is 224 g/mol. The highest BCUT2D eigenvalue weighted by Crippen LogP contribution is 1.93. The van der Waals surface area contributed by atoms with Crippen LogP contribution in [0.25, 0.3) is 0 Å². The number of amides is 1. The van der Waals surface area contributed by atoms with E-state index in [-0.39, 0.29) is 5.91 Å². The molecule has 5 heteroatoms. The van der Waals surface area contributed by atoms with Gasteiger partial charge in [-0.2, -0.15) is 5.10 Å². The Morgan fingerprint density at radius 2 is 2.31 bits per heavy atom. The summed E-state index contributed by atoms with van der Waals surface area (Å²) in [7, 11) is 1.89. The molecule has 1 heterocycles. The number of carbonyl (C=O) groups is 1. The molecule has 0 saturated carbocycles. The monoisotopic (exact) mass is 224 g/mol. The van der Waals surface area contributed by atoms with Crippen LogP contribution in [0.1, 0.15) is 18.4 Å². The summed E-state index contributed by atoms with van der Waals surface area (Å²) in [5.41, 5.74) is 1.14. The Kier molecular flexibility index (Phi) is 5.56. The first-order valence-electron chi connectivity index (χ1n) is 5.62. The molecule has 1 rings (SSSR count). The van der Waals surface area contributed by atoms with Crippen LogP contribution in [0.3, 0.4) is 0 Å². The second-order valence-electron chi connectivity index (χ2n) is 3.84. The van der Waals surface area contributed by atoms with E-state index in [1.54, 1.807) is 0 Å². The van der Waals surface area contributed by atoms with Gasteiger partial charge in [-0.25, -0.2) is 0 Å². The molecule has 0 bridgehead atoms. The lowest BCUT2D eigenvalue weighted by molar-refractivity contribution is -0.121. The highest BCUT2D eigenvalue weighted by Gasteiger charge is 2.00. The van der Waals surface area contributed by atoms with Crippen LogP contribution in [0.15, 0.2) is 12.4 Å². The van der Waals surface area contributed by atoms with Gasteiger partial charge >= 0.3 is 0 Å². The quantitative estimate of drug-likeness (QED) is 0.655. The second-order valence-corrected chi connectivity index (χ2v) is 3.84. The predicted octanol–water partition coefficient (Wildman–Crippen LogP) is 0.307. The number of carbonyl (C=O) groups excluding carboxylic acids is 1. The van der Waals surface area contributed by atoms with Gasteiger partial charge in [0.15, 0.2) is 0 Å². The van der Waals surface area contributed by atoms with Gasteiger partial charge in [0.1, 0.15) is 0 Å². The standard InChI is InChI=1S/C11H20N4O/c1-10-8-14-15(9-10)7-6-13-11(16)4-3-5-12-2/h8-9,12H,3-7H2,1-2H3,(H,13,16). The number of hydrogen-bond donors (Lipinski definition) is 2. The molecule has 16 heavy (non-hydrogen) atoms. The van der Waals surface area contributed by atoms with Crippen molar-refractivity contribution in [1.82, 2.24) is 20.4 Å². The third kappa shape index (κ3) is 4.93. The summed E-state index contributed by atoms with van der Waals surface area (Å²) >= 11 is 0. The van der Waals surface area contributed by atoms with Gasteiger partial charge in [0.2, 0.25) is 5.91 Å². The lowest BCUT2D eigenvalue weighted by Gasteiger charge is -2.05. The third-order valence-electron chi connectivity index (χ3n) is 2.26. The molecule has 1 aromatic heterocycles. The minimum Gasteiger partial charge on any atom is -0.354 e. The van der Waals surface area contributed by atoms with E-state index in [1.807, 2.05) is 31.0 Å². The van der Waals surface area contributed by atoms with Gasteiger partial charge in [-0.1, -0.05) is 0 Å². The van der Waals surface area contributed by atoms with Crippen molar-refractivity contribution in [3.8, 4) is 0 Å². The van der Waals surface area contributed by atoms with Crippen LogP contribution in [-0.4, -0.2) is 35.8 Å². The first-order valence-corrected chi connectivity index (χ1v) is 5.62. The molecular weight excluding hydrogens is 204 g/mol. The van der Waals surface area contributed by atoms with Crippen molar-refractivity contribution in [3.63, 3.8) is 0 Å². The van der Waals surface area contributed by atoms with Crippen LogP contribution in [0.4, 0.5) is 0 Å². The molecular formula is C11H20N4O. The Morgan fingerprint density at radius 3 is 2.94 bits per heavy atom. The predicted molar refractivity (Wildman–Crippen MR) is 63.1 cm³/mol. The molecule has 0 aliphatic heterocycles. The summed E-state index contributed by atoms with van der Waals surface area (Å²) in [6, 6.07) is 0. The van der Waals surface area contributed by atoms with Crippen LogP contribution in [0.2, 0.25) is 0 Å². The fraction of sp³-hybridized carbons (Fsp3) is 0.636. The molecule has 0 unspecified atom stereocenters. The Bertz CT molecular complexity index is 322.